The molecule has 3 nitrogen and oxygen atoms in total. The van der Waals surface area contributed by atoms with Crippen molar-refractivity contribution < 1.29 is 4.74 Å². The summed E-state index contributed by atoms with van der Waals surface area (Å²) in [6.45, 7) is 4.90. The maximum absolute atomic E-state index is 5.17. The van der Waals surface area contributed by atoms with E-state index in [1.165, 1.54) is 0 Å². The number of benzene rings is 2. The van der Waals surface area contributed by atoms with Crippen molar-refractivity contribution in [1.29, 1.82) is 0 Å². The van der Waals surface area contributed by atoms with Gasteiger partial charge in [-0.1, -0.05) is 30.8 Å². The Labute approximate surface area is 118 Å². The molecule has 0 N–H and O–H groups in total. The Morgan fingerprint density at radius 3 is 2.65 bits per heavy atom. The second-order valence-electron chi connectivity index (χ2n) is 4.69. The monoisotopic (exact) mass is 264 g/mol. The molecule has 0 spiro atoms. The Morgan fingerprint density at radius 2 is 1.90 bits per heavy atom. The fourth-order valence-corrected chi connectivity index (χ4v) is 2.26. The number of allylic oxidation sites excluding steroid dienone is 1. The number of para-hydroxylation sites is 2. The molecule has 1 heterocycles. The standard InChI is InChI=1S/C17H16N2O/c1-13(14-7-9-15(20-2)10-8-14)11-19-12-18-16-5-3-4-6-17(16)19/h3-10,12H,1,11H2,2H3. The number of nitrogens with zero attached hydrogens (tertiary/aromatic N) is 2. The number of fused-ring (bicyclic) bond motifs is 1. The largest absolute Gasteiger partial charge is 0.497 e. The highest BCUT2D eigenvalue weighted by Gasteiger charge is 2.05. The van der Waals surface area contributed by atoms with Gasteiger partial charge in [0.2, 0.25) is 0 Å². The maximum atomic E-state index is 5.17. The number of ether oxygens (including phenoxy) is 1. The molecule has 0 aliphatic carbocycles. The lowest BCUT2D eigenvalue weighted by Gasteiger charge is -2.09. The zero-order chi connectivity index (χ0) is 13.9. The number of methoxy groups -OCH3 is 1. The smallest absolute Gasteiger partial charge is 0.118 e. The van der Waals surface area contributed by atoms with Crippen LogP contribution in [0.1, 0.15) is 5.56 Å². The predicted molar refractivity (Wildman–Crippen MR) is 81.8 cm³/mol. The second kappa shape index (κ2) is 5.21. The first kappa shape index (κ1) is 12.5. The minimum atomic E-state index is 0.729. The van der Waals surface area contributed by atoms with E-state index in [1.54, 1.807) is 7.11 Å². The Kier molecular flexibility index (Phi) is 3.25. The third kappa shape index (κ3) is 2.30. The Morgan fingerprint density at radius 1 is 1.15 bits per heavy atom. The second-order valence-corrected chi connectivity index (χ2v) is 4.69. The molecule has 20 heavy (non-hydrogen) atoms. The van der Waals surface area contributed by atoms with Gasteiger partial charge in [-0.25, -0.2) is 4.98 Å². The molecule has 2 aromatic carbocycles. The van der Waals surface area contributed by atoms with Crippen LogP contribution < -0.4 is 4.74 Å². The lowest BCUT2D eigenvalue weighted by Crippen LogP contribution is -1.98. The van der Waals surface area contributed by atoms with Gasteiger partial charge in [0.05, 0.1) is 24.5 Å². The molecule has 0 atom stereocenters. The lowest BCUT2D eigenvalue weighted by molar-refractivity contribution is 0.415. The lowest BCUT2D eigenvalue weighted by atomic mass is 10.1. The van der Waals surface area contributed by atoms with E-state index >= 15 is 0 Å². The van der Waals surface area contributed by atoms with Crippen molar-refractivity contribution in [2.75, 3.05) is 7.11 Å². The number of aromatic nitrogens is 2. The van der Waals surface area contributed by atoms with Gasteiger partial charge in [-0.05, 0) is 35.4 Å². The molecule has 3 aromatic rings. The van der Waals surface area contributed by atoms with Gasteiger partial charge in [0, 0.05) is 6.54 Å². The van der Waals surface area contributed by atoms with Gasteiger partial charge in [-0.3, -0.25) is 0 Å². The van der Waals surface area contributed by atoms with Crippen molar-refractivity contribution in [3.63, 3.8) is 0 Å². The molecule has 0 saturated heterocycles. The third-order valence-corrected chi connectivity index (χ3v) is 3.39. The molecule has 0 fully saturated rings. The van der Waals surface area contributed by atoms with Crippen molar-refractivity contribution in [3.05, 3.63) is 67.0 Å². The number of imidazole rings is 1. The summed E-state index contributed by atoms with van der Waals surface area (Å²) in [5.74, 6) is 0.856. The Balaban J connectivity index is 1.84. The highest BCUT2D eigenvalue weighted by Crippen LogP contribution is 2.20. The van der Waals surface area contributed by atoms with Crippen LogP contribution in [0.15, 0.2) is 61.4 Å². The predicted octanol–water partition coefficient (Wildman–Crippen LogP) is 3.76. The first-order valence-corrected chi connectivity index (χ1v) is 6.50. The van der Waals surface area contributed by atoms with Gasteiger partial charge in [-0.2, -0.15) is 0 Å². The summed E-state index contributed by atoms with van der Waals surface area (Å²) in [6.07, 6.45) is 1.86. The van der Waals surface area contributed by atoms with E-state index in [9.17, 15) is 0 Å². The van der Waals surface area contributed by atoms with Gasteiger partial charge in [0.25, 0.3) is 0 Å². The van der Waals surface area contributed by atoms with Crippen LogP contribution in [-0.2, 0) is 6.54 Å². The van der Waals surface area contributed by atoms with Gasteiger partial charge in [0.1, 0.15) is 5.75 Å². The minimum absolute atomic E-state index is 0.729. The molecule has 0 unspecified atom stereocenters. The van der Waals surface area contributed by atoms with Gasteiger partial charge >= 0.3 is 0 Å². The van der Waals surface area contributed by atoms with Gasteiger partial charge < -0.3 is 9.30 Å². The SMILES string of the molecule is C=C(Cn1cnc2ccccc21)c1ccc(OC)cc1. The third-order valence-electron chi connectivity index (χ3n) is 3.39. The highest BCUT2D eigenvalue weighted by atomic mass is 16.5. The molecule has 0 radical (unpaired) electrons. The average molecular weight is 264 g/mol. The molecular weight excluding hydrogens is 248 g/mol. The molecule has 3 heteroatoms. The molecule has 0 aliphatic rings. The highest BCUT2D eigenvalue weighted by molar-refractivity contribution is 5.76. The van der Waals surface area contributed by atoms with Crippen molar-refractivity contribution in [2.45, 2.75) is 6.54 Å². The van der Waals surface area contributed by atoms with Crippen molar-refractivity contribution in [3.8, 4) is 5.75 Å². The van der Waals surface area contributed by atoms with E-state index in [0.29, 0.717) is 0 Å². The van der Waals surface area contributed by atoms with E-state index < -0.39 is 0 Å². The van der Waals surface area contributed by atoms with Crippen LogP contribution in [-0.4, -0.2) is 16.7 Å². The minimum Gasteiger partial charge on any atom is -0.497 e. The zero-order valence-corrected chi connectivity index (χ0v) is 11.4. The van der Waals surface area contributed by atoms with E-state index in [4.69, 9.17) is 4.74 Å². The summed E-state index contributed by atoms with van der Waals surface area (Å²) >= 11 is 0. The molecule has 100 valence electrons. The molecule has 0 aliphatic heterocycles. The summed E-state index contributed by atoms with van der Waals surface area (Å²) in [5.41, 5.74) is 4.30. The summed E-state index contributed by atoms with van der Waals surface area (Å²) < 4.78 is 7.28. The number of hydrogen-bond acceptors (Lipinski definition) is 2. The average Bonchev–Trinajstić information content (AvgIpc) is 2.91. The molecule has 3 rings (SSSR count). The van der Waals surface area contributed by atoms with Crippen LogP contribution >= 0.6 is 0 Å². The van der Waals surface area contributed by atoms with Crippen LogP contribution in [0.2, 0.25) is 0 Å². The maximum Gasteiger partial charge on any atom is 0.118 e. The molecule has 0 amide bonds. The molecule has 0 saturated carbocycles. The van der Waals surface area contributed by atoms with E-state index in [-0.39, 0.29) is 0 Å². The van der Waals surface area contributed by atoms with Crippen molar-refractivity contribution in [2.24, 2.45) is 0 Å². The first-order valence-electron chi connectivity index (χ1n) is 6.50. The quantitative estimate of drug-likeness (QED) is 0.717. The molecular formula is C17H16N2O. The van der Waals surface area contributed by atoms with E-state index in [2.05, 4.69) is 22.2 Å². The van der Waals surface area contributed by atoms with Crippen LogP contribution in [0.4, 0.5) is 0 Å². The van der Waals surface area contributed by atoms with E-state index in [1.807, 2.05) is 48.8 Å². The van der Waals surface area contributed by atoms with Gasteiger partial charge in [0.15, 0.2) is 0 Å². The fourth-order valence-electron chi connectivity index (χ4n) is 2.26. The molecule has 0 bridgehead atoms. The summed E-state index contributed by atoms with van der Waals surface area (Å²) in [7, 11) is 1.67. The number of hydrogen-bond donors (Lipinski definition) is 0. The van der Waals surface area contributed by atoms with Crippen LogP contribution in [0, 0.1) is 0 Å². The van der Waals surface area contributed by atoms with E-state index in [0.717, 1.165) is 34.5 Å². The van der Waals surface area contributed by atoms with Crippen LogP contribution in [0.25, 0.3) is 16.6 Å². The summed E-state index contributed by atoms with van der Waals surface area (Å²) in [6, 6.07) is 16.1. The topological polar surface area (TPSA) is 27.1 Å². The van der Waals surface area contributed by atoms with Crippen LogP contribution in [0.3, 0.4) is 0 Å². The normalized spacial score (nSPS) is 10.7. The Bertz CT molecular complexity index is 741. The van der Waals surface area contributed by atoms with Crippen LogP contribution in [0.5, 0.6) is 5.75 Å². The summed E-state index contributed by atoms with van der Waals surface area (Å²) in [4.78, 5) is 4.39. The first-order chi connectivity index (χ1) is 9.78. The Hall–Kier alpha value is -2.55. The van der Waals surface area contributed by atoms with Crippen molar-refractivity contribution >= 4 is 16.6 Å². The van der Waals surface area contributed by atoms with Gasteiger partial charge in [-0.15, -0.1) is 0 Å². The zero-order valence-electron chi connectivity index (χ0n) is 11.4. The van der Waals surface area contributed by atoms with Crippen molar-refractivity contribution in [1.82, 2.24) is 9.55 Å². The molecule has 1 aromatic heterocycles. The number of rotatable bonds is 4. The fraction of sp³-hybridized carbons (Fsp3) is 0.118. The summed E-state index contributed by atoms with van der Waals surface area (Å²) in [5, 5.41) is 0.